The fourth-order valence-electron chi connectivity index (χ4n) is 2.67. The molecule has 0 radical (unpaired) electrons. The molecular weight excluding hydrogens is 270 g/mol. The van der Waals surface area contributed by atoms with Crippen molar-refractivity contribution in [2.45, 2.75) is 19.4 Å². The molecule has 2 nitrogen and oxygen atoms in total. The number of nitrogens with zero attached hydrogens (tertiary/aromatic N) is 1. The molecule has 4 heteroatoms. The van der Waals surface area contributed by atoms with Gasteiger partial charge in [-0.15, -0.1) is 0 Å². The minimum atomic E-state index is -0.805. The van der Waals surface area contributed by atoms with Gasteiger partial charge in [-0.1, -0.05) is 18.2 Å². The van der Waals surface area contributed by atoms with Crippen molar-refractivity contribution in [1.82, 2.24) is 0 Å². The van der Waals surface area contributed by atoms with E-state index in [4.69, 9.17) is 0 Å². The Morgan fingerprint density at radius 3 is 2.57 bits per heavy atom. The second-order valence-corrected chi connectivity index (χ2v) is 5.31. The molecule has 0 amide bonds. The summed E-state index contributed by atoms with van der Waals surface area (Å²) in [6.45, 7) is 2.44. The Kier molecular flexibility index (Phi) is 4.04. The van der Waals surface area contributed by atoms with Gasteiger partial charge in [-0.25, -0.2) is 8.78 Å². The Bertz CT molecular complexity index is 622. The highest BCUT2D eigenvalue weighted by atomic mass is 19.2. The summed E-state index contributed by atoms with van der Waals surface area (Å²) in [4.78, 5) is 2.34. The zero-order chi connectivity index (χ0) is 14.7. The number of halogens is 2. The summed E-state index contributed by atoms with van der Waals surface area (Å²) in [6.07, 6.45) is 2.46. The Balaban J connectivity index is 1.70. The van der Waals surface area contributed by atoms with Crippen molar-refractivity contribution in [2.24, 2.45) is 0 Å². The van der Waals surface area contributed by atoms with E-state index in [9.17, 15) is 8.78 Å². The van der Waals surface area contributed by atoms with Crippen LogP contribution in [0, 0.1) is 11.6 Å². The molecule has 3 rings (SSSR count). The van der Waals surface area contributed by atoms with Crippen LogP contribution in [0.5, 0.6) is 0 Å². The molecule has 0 aliphatic carbocycles. The van der Waals surface area contributed by atoms with Crippen LogP contribution in [0.3, 0.4) is 0 Å². The Morgan fingerprint density at radius 1 is 1.00 bits per heavy atom. The highest BCUT2D eigenvalue weighted by molar-refractivity contribution is 5.58. The highest BCUT2D eigenvalue weighted by Gasteiger charge is 2.12. The lowest BCUT2D eigenvalue weighted by molar-refractivity contribution is 0.500. The summed E-state index contributed by atoms with van der Waals surface area (Å²) in [5, 5.41) is 3.16. The SMILES string of the molecule is Fc1cccc(CNc2cccc(N3CCCC3)c2)c1F. The molecule has 0 atom stereocenters. The van der Waals surface area contributed by atoms with E-state index in [1.165, 1.54) is 24.6 Å². The minimum absolute atomic E-state index is 0.271. The largest absolute Gasteiger partial charge is 0.381 e. The van der Waals surface area contributed by atoms with Crippen molar-refractivity contribution in [3.05, 3.63) is 59.7 Å². The molecule has 0 saturated carbocycles. The predicted molar refractivity (Wildman–Crippen MR) is 81.6 cm³/mol. The van der Waals surface area contributed by atoms with Crippen LogP contribution < -0.4 is 10.2 Å². The number of rotatable bonds is 4. The first kappa shape index (κ1) is 13.9. The lowest BCUT2D eigenvalue weighted by Crippen LogP contribution is -2.17. The quantitative estimate of drug-likeness (QED) is 0.908. The summed E-state index contributed by atoms with van der Waals surface area (Å²) in [5.74, 6) is -1.58. The molecule has 1 aliphatic heterocycles. The maximum atomic E-state index is 13.6. The summed E-state index contributed by atoms with van der Waals surface area (Å²) in [7, 11) is 0. The van der Waals surface area contributed by atoms with E-state index in [0.717, 1.165) is 24.8 Å². The Hall–Kier alpha value is -2.10. The third-order valence-electron chi connectivity index (χ3n) is 3.83. The summed E-state index contributed by atoms with van der Waals surface area (Å²) < 4.78 is 26.8. The van der Waals surface area contributed by atoms with Gasteiger partial charge in [-0.3, -0.25) is 0 Å². The highest BCUT2D eigenvalue weighted by Crippen LogP contribution is 2.24. The molecule has 1 N–H and O–H groups in total. The average molecular weight is 288 g/mol. The molecule has 1 aliphatic rings. The number of hydrogen-bond donors (Lipinski definition) is 1. The zero-order valence-electron chi connectivity index (χ0n) is 11.8. The van der Waals surface area contributed by atoms with Gasteiger partial charge in [0.1, 0.15) is 0 Å². The van der Waals surface area contributed by atoms with Gasteiger partial charge in [0.2, 0.25) is 0 Å². The Morgan fingerprint density at radius 2 is 1.76 bits per heavy atom. The fourth-order valence-corrected chi connectivity index (χ4v) is 2.67. The van der Waals surface area contributed by atoms with Gasteiger partial charge in [0, 0.05) is 36.6 Å². The third kappa shape index (κ3) is 3.15. The van der Waals surface area contributed by atoms with Crippen molar-refractivity contribution >= 4 is 11.4 Å². The summed E-state index contributed by atoms with van der Waals surface area (Å²) in [5.41, 5.74) is 2.43. The van der Waals surface area contributed by atoms with E-state index >= 15 is 0 Å². The summed E-state index contributed by atoms with van der Waals surface area (Å²) in [6, 6.07) is 12.3. The maximum absolute atomic E-state index is 13.6. The molecule has 21 heavy (non-hydrogen) atoms. The van der Waals surface area contributed by atoms with Crippen LogP contribution in [0.2, 0.25) is 0 Å². The summed E-state index contributed by atoms with van der Waals surface area (Å²) >= 11 is 0. The first-order valence-corrected chi connectivity index (χ1v) is 7.26. The maximum Gasteiger partial charge on any atom is 0.163 e. The van der Waals surface area contributed by atoms with E-state index in [-0.39, 0.29) is 6.54 Å². The second-order valence-electron chi connectivity index (χ2n) is 5.31. The topological polar surface area (TPSA) is 15.3 Å². The lowest BCUT2D eigenvalue weighted by Gasteiger charge is -2.18. The molecule has 2 aromatic carbocycles. The molecule has 110 valence electrons. The number of anilines is 2. The van der Waals surface area contributed by atoms with Crippen LogP contribution in [-0.4, -0.2) is 13.1 Å². The van der Waals surface area contributed by atoms with Gasteiger partial charge in [-0.05, 0) is 37.1 Å². The Labute approximate surface area is 123 Å². The van der Waals surface area contributed by atoms with Gasteiger partial charge >= 0.3 is 0 Å². The number of nitrogens with one attached hydrogen (secondary N) is 1. The van der Waals surface area contributed by atoms with Crippen molar-refractivity contribution < 1.29 is 8.78 Å². The smallest absolute Gasteiger partial charge is 0.163 e. The molecule has 2 aromatic rings. The molecule has 0 spiro atoms. The van der Waals surface area contributed by atoms with Crippen LogP contribution in [0.1, 0.15) is 18.4 Å². The third-order valence-corrected chi connectivity index (χ3v) is 3.83. The molecule has 0 unspecified atom stereocenters. The van der Waals surface area contributed by atoms with Crippen molar-refractivity contribution in [3.8, 4) is 0 Å². The van der Waals surface area contributed by atoms with E-state index < -0.39 is 11.6 Å². The molecule has 1 fully saturated rings. The molecule has 0 aromatic heterocycles. The fraction of sp³-hybridized carbons (Fsp3) is 0.294. The van der Waals surface area contributed by atoms with Gasteiger partial charge in [0.15, 0.2) is 11.6 Å². The molecular formula is C17H18F2N2. The monoisotopic (exact) mass is 288 g/mol. The van der Waals surface area contributed by atoms with Crippen molar-refractivity contribution in [2.75, 3.05) is 23.3 Å². The van der Waals surface area contributed by atoms with Crippen LogP contribution >= 0.6 is 0 Å². The standard InChI is InChI=1S/C17H18F2N2/c18-16-8-3-5-13(17(16)19)12-20-14-6-4-7-15(11-14)21-9-1-2-10-21/h3-8,11,20H,1-2,9-10,12H2. The normalized spacial score (nSPS) is 14.5. The van der Waals surface area contributed by atoms with Gasteiger partial charge in [-0.2, -0.15) is 0 Å². The molecule has 1 saturated heterocycles. The van der Waals surface area contributed by atoms with E-state index in [1.807, 2.05) is 12.1 Å². The van der Waals surface area contributed by atoms with Crippen molar-refractivity contribution in [1.29, 1.82) is 0 Å². The minimum Gasteiger partial charge on any atom is -0.381 e. The molecule has 1 heterocycles. The van der Waals surface area contributed by atoms with Gasteiger partial charge in [0.25, 0.3) is 0 Å². The second kappa shape index (κ2) is 6.12. The van der Waals surface area contributed by atoms with Crippen LogP contribution in [-0.2, 0) is 6.54 Å². The van der Waals surface area contributed by atoms with Gasteiger partial charge in [0.05, 0.1) is 0 Å². The van der Waals surface area contributed by atoms with E-state index in [0.29, 0.717) is 5.56 Å². The average Bonchev–Trinajstić information content (AvgIpc) is 3.03. The first-order valence-electron chi connectivity index (χ1n) is 7.26. The van der Waals surface area contributed by atoms with Crippen molar-refractivity contribution in [3.63, 3.8) is 0 Å². The zero-order valence-corrected chi connectivity index (χ0v) is 11.8. The van der Waals surface area contributed by atoms with Gasteiger partial charge < -0.3 is 10.2 Å². The number of benzene rings is 2. The van der Waals surface area contributed by atoms with E-state index in [1.54, 1.807) is 6.07 Å². The molecule has 0 bridgehead atoms. The van der Waals surface area contributed by atoms with Crippen LogP contribution in [0.4, 0.5) is 20.2 Å². The van der Waals surface area contributed by atoms with Crippen LogP contribution in [0.15, 0.2) is 42.5 Å². The van der Waals surface area contributed by atoms with Crippen LogP contribution in [0.25, 0.3) is 0 Å². The van der Waals surface area contributed by atoms with E-state index in [2.05, 4.69) is 22.3 Å². The first-order chi connectivity index (χ1) is 10.2. The predicted octanol–water partition coefficient (Wildman–Crippen LogP) is 4.18. The number of hydrogen-bond acceptors (Lipinski definition) is 2. The lowest BCUT2D eigenvalue weighted by atomic mass is 10.2.